The van der Waals surface area contributed by atoms with E-state index in [1.54, 1.807) is 12.1 Å². The first kappa shape index (κ1) is 33.9. The summed E-state index contributed by atoms with van der Waals surface area (Å²) in [4.78, 5) is 14.7. The molecule has 212 valence electrons. The number of nitrogens with zero attached hydrogens (tertiary/aromatic N) is 3. The molecule has 5 nitrogen and oxygen atoms in total. The second-order valence-electron chi connectivity index (χ2n) is 9.86. The van der Waals surface area contributed by atoms with Crippen LogP contribution < -0.4 is 5.32 Å². The van der Waals surface area contributed by atoms with Crippen molar-refractivity contribution in [1.82, 2.24) is 9.55 Å². The van der Waals surface area contributed by atoms with E-state index in [1.807, 2.05) is 48.3 Å². The van der Waals surface area contributed by atoms with Gasteiger partial charge in [-0.3, -0.25) is 4.79 Å². The summed E-state index contributed by atoms with van der Waals surface area (Å²) in [5.74, 6) is 2.55. The fraction of sp³-hybridized carbons (Fsp3) is 0.469. The Balaban J connectivity index is 0.000000264. The van der Waals surface area contributed by atoms with Crippen molar-refractivity contribution in [3.05, 3.63) is 83.2 Å². The Morgan fingerprint density at radius 3 is 2.26 bits per heavy atom. The molecular weight excluding hydrogens is 511 g/mol. The van der Waals surface area contributed by atoms with Crippen LogP contribution in [0.25, 0.3) is 0 Å². The van der Waals surface area contributed by atoms with E-state index in [0.29, 0.717) is 11.3 Å². The summed E-state index contributed by atoms with van der Waals surface area (Å²) >= 11 is 5.47. The predicted molar refractivity (Wildman–Crippen MR) is 160 cm³/mol. The number of rotatable bonds is 5. The Labute approximate surface area is 239 Å². The number of aryl methyl sites for hydroxylation is 2. The molecule has 1 aliphatic rings. The molecular formula is C32H44ClFN4O. The Morgan fingerprint density at radius 1 is 1.15 bits per heavy atom. The van der Waals surface area contributed by atoms with E-state index < -0.39 is 5.82 Å². The molecule has 1 heterocycles. The summed E-state index contributed by atoms with van der Waals surface area (Å²) in [7, 11) is 2.01. The molecule has 2 aromatic carbocycles. The van der Waals surface area contributed by atoms with Crippen molar-refractivity contribution in [2.45, 2.75) is 79.1 Å². The van der Waals surface area contributed by atoms with Crippen molar-refractivity contribution in [2.75, 3.05) is 5.32 Å². The summed E-state index contributed by atoms with van der Waals surface area (Å²) in [6.45, 7) is 8.17. The molecule has 0 spiro atoms. The van der Waals surface area contributed by atoms with Crippen LogP contribution >= 0.6 is 11.6 Å². The molecule has 1 N–H and O–H groups in total. The summed E-state index contributed by atoms with van der Waals surface area (Å²) in [6.07, 6.45) is 15.2. The molecule has 1 amide bonds. The number of carbonyl (C=O) groups excluding carboxylic acids is 1. The molecule has 0 aliphatic heterocycles. The average molecular weight is 555 g/mol. The highest BCUT2D eigenvalue weighted by atomic mass is 35.5. The van der Waals surface area contributed by atoms with Crippen LogP contribution in [0.2, 0.25) is 5.02 Å². The second kappa shape index (κ2) is 19.8. The largest absolute Gasteiger partial charge is 0.338 e. The lowest BCUT2D eigenvalue weighted by Gasteiger charge is -2.25. The fourth-order valence-electron chi connectivity index (χ4n) is 4.14. The lowest BCUT2D eigenvalue weighted by Crippen LogP contribution is -2.11. The molecule has 4 rings (SSSR count). The summed E-state index contributed by atoms with van der Waals surface area (Å²) in [5.41, 5.74) is 1.21. The highest BCUT2D eigenvalue weighted by molar-refractivity contribution is 6.31. The van der Waals surface area contributed by atoms with Crippen LogP contribution in [-0.2, 0) is 18.3 Å². The van der Waals surface area contributed by atoms with E-state index in [0.717, 1.165) is 24.1 Å². The third kappa shape index (κ3) is 15.1. The molecule has 3 aromatic rings. The lowest BCUT2D eigenvalue weighted by molar-refractivity contribution is -0.114. The first-order valence-electron chi connectivity index (χ1n) is 13.8. The minimum absolute atomic E-state index is 0.00116. The van der Waals surface area contributed by atoms with Gasteiger partial charge >= 0.3 is 0 Å². The summed E-state index contributed by atoms with van der Waals surface area (Å²) < 4.78 is 14.6. The number of amides is 1. The molecule has 0 unspecified atom stereocenters. The number of halogens is 2. The SMILES string of the molecule is CC(=O)Nc1ccc(F)c(Cl)c1.CCCCC1CCC(C)CC1.CCc1nccn1C.N#Cc1ccccc1. The Kier molecular flexibility index (Phi) is 17.2. The van der Waals surface area contributed by atoms with Crippen molar-refractivity contribution in [3.8, 4) is 6.07 Å². The maximum atomic E-state index is 12.6. The molecule has 1 aromatic heterocycles. The molecule has 1 fully saturated rings. The molecule has 7 heteroatoms. The molecule has 0 bridgehead atoms. The van der Waals surface area contributed by atoms with Gasteiger partial charge in [0.05, 0.1) is 16.7 Å². The monoisotopic (exact) mass is 554 g/mol. The van der Waals surface area contributed by atoms with E-state index in [9.17, 15) is 9.18 Å². The number of imidazole rings is 1. The van der Waals surface area contributed by atoms with E-state index in [4.69, 9.17) is 16.9 Å². The molecule has 0 radical (unpaired) electrons. The summed E-state index contributed by atoms with van der Waals surface area (Å²) in [5, 5.41) is 10.8. The van der Waals surface area contributed by atoms with E-state index >= 15 is 0 Å². The third-order valence-electron chi connectivity index (χ3n) is 6.48. The Morgan fingerprint density at radius 2 is 1.82 bits per heavy atom. The number of hydrogen-bond donors (Lipinski definition) is 1. The van der Waals surface area contributed by atoms with E-state index in [-0.39, 0.29) is 10.9 Å². The van der Waals surface area contributed by atoms with E-state index in [1.165, 1.54) is 70.1 Å². The van der Waals surface area contributed by atoms with Crippen LogP contribution in [0.15, 0.2) is 60.9 Å². The van der Waals surface area contributed by atoms with Gasteiger partial charge in [0.25, 0.3) is 0 Å². The van der Waals surface area contributed by atoms with Crippen molar-refractivity contribution in [2.24, 2.45) is 18.9 Å². The number of anilines is 1. The van der Waals surface area contributed by atoms with Gasteiger partial charge in [-0.15, -0.1) is 0 Å². The normalized spacial score (nSPS) is 15.6. The predicted octanol–water partition coefficient (Wildman–Crippen LogP) is 8.98. The van der Waals surface area contributed by atoms with Crippen LogP contribution in [0, 0.1) is 29.0 Å². The van der Waals surface area contributed by atoms with Gasteiger partial charge < -0.3 is 9.88 Å². The highest BCUT2D eigenvalue weighted by Gasteiger charge is 2.16. The Hall–Kier alpha value is -3.17. The fourth-order valence-corrected chi connectivity index (χ4v) is 4.32. The van der Waals surface area contributed by atoms with Crippen LogP contribution in [0.4, 0.5) is 10.1 Å². The zero-order chi connectivity index (χ0) is 29.0. The quantitative estimate of drug-likeness (QED) is 0.342. The van der Waals surface area contributed by atoms with Crippen molar-refractivity contribution in [1.29, 1.82) is 5.26 Å². The van der Waals surface area contributed by atoms with E-state index in [2.05, 4.69) is 31.1 Å². The number of hydrogen-bond acceptors (Lipinski definition) is 3. The van der Waals surface area contributed by atoms with Crippen LogP contribution in [0.3, 0.4) is 0 Å². The molecule has 39 heavy (non-hydrogen) atoms. The first-order chi connectivity index (χ1) is 18.7. The number of unbranched alkanes of at least 4 members (excludes halogenated alkanes) is 1. The number of carbonyl (C=O) groups is 1. The number of benzene rings is 2. The topological polar surface area (TPSA) is 70.7 Å². The standard InChI is InChI=1S/C11H22.C8H7ClFNO.C7H5N.C6H10N2/c1-3-4-5-11-8-6-10(2)7-9-11;1-5(12)11-6-2-3-8(10)7(9)4-6;8-6-7-4-2-1-3-5-7;1-3-6-7-4-5-8(6)2/h10-11H,3-9H2,1-2H3;2-4H,1H3,(H,11,12);1-5H;4-5H,3H2,1-2H3. The van der Waals surface area contributed by atoms with Crippen molar-refractivity contribution >= 4 is 23.2 Å². The number of aromatic nitrogens is 2. The zero-order valence-corrected chi connectivity index (χ0v) is 24.8. The molecule has 0 atom stereocenters. The van der Waals surface area contributed by atoms with Gasteiger partial charge in [0.1, 0.15) is 11.6 Å². The smallest absolute Gasteiger partial charge is 0.221 e. The lowest BCUT2D eigenvalue weighted by atomic mass is 9.81. The number of nitriles is 1. The Bertz CT molecular complexity index is 1120. The minimum atomic E-state index is -0.495. The second-order valence-corrected chi connectivity index (χ2v) is 10.3. The maximum absolute atomic E-state index is 12.6. The highest BCUT2D eigenvalue weighted by Crippen LogP contribution is 2.31. The maximum Gasteiger partial charge on any atom is 0.221 e. The first-order valence-corrected chi connectivity index (χ1v) is 14.2. The van der Waals surface area contributed by atoms with Crippen LogP contribution in [0.5, 0.6) is 0 Å². The van der Waals surface area contributed by atoms with Gasteiger partial charge in [0.15, 0.2) is 0 Å². The molecule has 1 saturated carbocycles. The van der Waals surface area contributed by atoms with Gasteiger partial charge in [0, 0.05) is 38.5 Å². The molecule has 0 saturated heterocycles. The average Bonchev–Trinajstić information content (AvgIpc) is 3.36. The van der Waals surface area contributed by atoms with Gasteiger partial charge in [-0.05, 0) is 42.2 Å². The number of nitrogens with one attached hydrogen (secondary N) is 1. The summed E-state index contributed by atoms with van der Waals surface area (Å²) in [6, 6.07) is 15.2. The third-order valence-corrected chi connectivity index (χ3v) is 6.77. The van der Waals surface area contributed by atoms with Crippen molar-refractivity contribution < 1.29 is 9.18 Å². The van der Waals surface area contributed by atoms with Gasteiger partial charge in [-0.25, -0.2) is 9.37 Å². The minimum Gasteiger partial charge on any atom is -0.338 e. The molecule has 1 aliphatic carbocycles. The van der Waals surface area contributed by atoms with Gasteiger partial charge in [-0.1, -0.05) is 95.5 Å². The van der Waals surface area contributed by atoms with Crippen LogP contribution in [-0.4, -0.2) is 15.5 Å². The van der Waals surface area contributed by atoms with Crippen LogP contribution in [0.1, 0.15) is 84.0 Å². The zero-order valence-electron chi connectivity index (χ0n) is 24.1. The van der Waals surface area contributed by atoms with Gasteiger partial charge in [0.2, 0.25) is 5.91 Å². The van der Waals surface area contributed by atoms with Gasteiger partial charge in [-0.2, -0.15) is 5.26 Å². The van der Waals surface area contributed by atoms with Crippen molar-refractivity contribution in [3.63, 3.8) is 0 Å².